The van der Waals surface area contributed by atoms with Crippen LogP contribution < -0.4 is 4.74 Å². The Kier molecular flexibility index (Phi) is 4.25. The van der Waals surface area contributed by atoms with E-state index in [2.05, 4.69) is 0 Å². The molecule has 1 aromatic rings. The standard InChI is InChI=1S/C14H17ClO3/c1-18-11-6-7-12(13(15)8-11)14(17)9-2-4-10(16)5-3-9/h6-10,16H,2-5H2,1H3. The molecule has 0 spiro atoms. The van der Waals surface area contributed by atoms with E-state index in [9.17, 15) is 9.90 Å². The van der Waals surface area contributed by atoms with Crippen LogP contribution in [0.2, 0.25) is 5.02 Å². The Hall–Kier alpha value is -1.06. The molecule has 0 saturated heterocycles. The molecule has 0 heterocycles. The van der Waals surface area contributed by atoms with Gasteiger partial charge in [0.2, 0.25) is 0 Å². The molecule has 0 aromatic heterocycles. The summed E-state index contributed by atoms with van der Waals surface area (Å²) >= 11 is 6.10. The van der Waals surface area contributed by atoms with Crippen LogP contribution >= 0.6 is 11.6 Å². The molecule has 1 fully saturated rings. The zero-order valence-corrected chi connectivity index (χ0v) is 11.1. The van der Waals surface area contributed by atoms with Crippen molar-refractivity contribution in [3.8, 4) is 5.75 Å². The number of aliphatic hydroxyl groups excluding tert-OH is 1. The van der Waals surface area contributed by atoms with Gasteiger partial charge < -0.3 is 9.84 Å². The summed E-state index contributed by atoms with van der Waals surface area (Å²) in [4.78, 5) is 12.3. The van der Waals surface area contributed by atoms with Crippen molar-refractivity contribution in [2.24, 2.45) is 5.92 Å². The smallest absolute Gasteiger partial charge is 0.167 e. The first-order valence-electron chi connectivity index (χ1n) is 6.17. The number of Topliss-reactive ketones (excluding diaryl/α,β-unsaturated/α-hetero) is 1. The molecule has 1 aliphatic rings. The summed E-state index contributed by atoms with van der Waals surface area (Å²) in [5.41, 5.74) is 0.554. The van der Waals surface area contributed by atoms with Gasteiger partial charge in [-0.25, -0.2) is 0 Å². The van der Waals surface area contributed by atoms with E-state index in [0.717, 1.165) is 12.8 Å². The largest absolute Gasteiger partial charge is 0.497 e. The average molecular weight is 269 g/mol. The number of hydrogen-bond donors (Lipinski definition) is 1. The normalized spacial score (nSPS) is 23.7. The number of ketones is 1. The molecule has 0 aliphatic heterocycles. The Morgan fingerprint density at radius 1 is 1.33 bits per heavy atom. The summed E-state index contributed by atoms with van der Waals surface area (Å²) in [5.74, 6) is 0.712. The van der Waals surface area contributed by atoms with Gasteiger partial charge in [0.1, 0.15) is 5.75 Å². The van der Waals surface area contributed by atoms with E-state index < -0.39 is 0 Å². The van der Waals surface area contributed by atoms with E-state index in [1.54, 1.807) is 25.3 Å². The maximum Gasteiger partial charge on any atom is 0.167 e. The molecule has 4 heteroatoms. The maximum absolute atomic E-state index is 12.3. The fraction of sp³-hybridized carbons (Fsp3) is 0.500. The molecular weight excluding hydrogens is 252 g/mol. The van der Waals surface area contributed by atoms with Crippen molar-refractivity contribution in [2.45, 2.75) is 31.8 Å². The minimum atomic E-state index is -0.250. The second-order valence-corrected chi connectivity index (χ2v) is 5.12. The van der Waals surface area contributed by atoms with Gasteiger partial charge in [-0.3, -0.25) is 4.79 Å². The number of rotatable bonds is 3. The molecule has 3 nitrogen and oxygen atoms in total. The summed E-state index contributed by atoms with van der Waals surface area (Å²) < 4.78 is 5.06. The van der Waals surface area contributed by atoms with Crippen molar-refractivity contribution in [2.75, 3.05) is 7.11 Å². The van der Waals surface area contributed by atoms with Gasteiger partial charge in [0, 0.05) is 11.5 Å². The van der Waals surface area contributed by atoms with Crippen molar-refractivity contribution in [1.82, 2.24) is 0 Å². The first-order chi connectivity index (χ1) is 8.61. The van der Waals surface area contributed by atoms with E-state index in [-0.39, 0.29) is 17.8 Å². The van der Waals surface area contributed by atoms with Gasteiger partial charge in [-0.1, -0.05) is 11.6 Å². The van der Waals surface area contributed by atoms with Crippen molar-refractivity contribution in [3.63, 3.8) is 0 Å². The summed E-state index contributed by atoms with van der Waals surface area (Å²) in [7, 11) is 1.57. The van der Waals surface area contributed by atoms with Crippen molar-refractivity contribution in [3.05, 3.63) is 28.8 Å². The molecule has 0 radical (unpaired) electrons. The van der Waals surface area contributed by atoms with Crippen LogP contribution in [0.5, 0.6) is 5.75 Å². The monoisotopic (exact) mass is 268 g/mol. The molecular formula is C14H17ClO3. The number of carbonyl (C=O) groups is 1. The highest BCUT2D eigenvalue weighted by molar-refractivity contribution is 6.34. The zero-order valence-electron chi connectivity index (χ0n) is 10.4. The molecule has 0 unspecified atom stereocenters. The summed E-state index contributed by atoms with van der Waals surface area (Å²) in [6.07, 6.45) is 2.62. The van der Waals surface area contributed by atoms with Crippen LogP contribution in [0, 0.1) is 5.92 Å². The summed E-state index contributed by atoms with van der Waals surface area (Å²) in [6, 6.07) is 5.12. The molecule has 0 amide bonds. The SMILES string of the molecule is COc1ccc(C(=O)C2CCC(O)CC2)c(Cl)c1. The predicted octanol–water partition coefficient (Wildman–Crippen LogP) is 3.08. The van der Waals surface area contributed by atoms with Gasteiger partial charge in [0.15, 0.2) is 5.78 Å². The third-order valence-corrected chi connectivity index (χ3v) is 3.82. The van der Waals surface area contributed by atoms with E-state index in [1.165, 1.54) is 0 Å². The van der Waals surface area contributed by atoms with Gasteiger partial charge in [0.05, 0.1) is 18.2 Å². The average Bonchev–Trinajstić information content (AvgIpc) is 2.38. The van der Waals surface area contributed by atoms with Crippen LogP contribution in [-0.4, -0.2) is 24.1 Å². The summed E-state index contributed by atoms with van der Waals surface area (Å²) in [5, 5.41) is 9.88. The number of benzene rings is 1. The lowest BCUT2D eigenvalue weighted by molar-refractivity contribution is 0.0764. The second-order valence-electron chi connectivity index (χ2n) is 4.72. The lowest BCUT2D eigenvalue weighted by atomic mass is 9.82. The molecule has 18 heavy (non-hydrogen) atoms. The second kappa shape index (κ2) is 5.72. The number of halogens is 1. The van der Waals surface area contributed by atoms with Crippen LogP contribution in [0.3, 0.4) is 0 Å². The van der Waals surface area contributed by atoms with Gasteiger partial charge in [-0.05, 0) is 43.9 Å². The van der Waals surface area contributed by atoms with E-state index in [1.807, 2.05) is 0 Å². The van der Waals surface area contributed by atoms with Gasteiger partial charge in [-0.2, -0.15) is 0 Å². The molecule has 1 N–H and O–H groups in total. The van der Waals surface area contributed by atoms with Crippen molar-refractivity contribution < 1.29 is 14.6 Å². The van der Waals surface area contributed by atoms with Gasteiger partial charge in [0.25, 0.3) is 0 Å². The Labute approximate surface area is 112 Å². The molecule has 0 atom stereocenters. The fourth-order valence-electron chi connectivity index (χ4n) is 2.38. The first kappa shape index (κ1) is 13.4. The van der Waals surface area contributed by atoms with Crippen LogP contribution in [0.1, 0.15) is 36.0 Å². The topological polar surface area (TPSA) is 46.5 Å². The van der Waals surface area contributed by atoms with E-state index in [0.29, 0.717) is 29.2 Å². The lowest BCUT2D eigenvalue weighted by Gasteiger charge is -2.24. The number of ether oxygens (including phenoxy) is 1. The van der Waals surface area contributed by atoms with Crippen LogP contribution in [0.25, 0.3) is 0 Å². The van der Waals surface area contributed by atoms with E-state index in [4.69, 9.17) is 16.3 Å². The van der Waals surface area contributed by atoms with Crippen molar-refractivity contribution in [1.29, 1.82) is 0 Å². The molecule has 1 aliphatic carbocycles. The Morgan fingerprint density at radius 2 is 2.00 bits per heavy atom. The maximum atomic E-state index is 12.3. The molecule has 0 bridgehead atoms. The Morgan fingerprint density at radius 3 is 2.56 bits per heavy atom. The molecule has 98 valence electrons. The van der Waals surface area contributed by atoms with Gasteiger partial charge >= 0.3 is 0 Å². The number of hydrogen-bond acceptors (Lipinski definition) is 3. The van der Waals surface area contributed by atoms with Crippen LogP contribution in [0.15, 0.2) is 18.2 Å². The predicted molar refractivity (Wildman–Crippen MR) is 70.3 cm³/mol. The minimum absolute atomic E-state index is 0.0145. The highest BCUT2D eigenvalue weighted by atomic mass is 35.5. The zero-order chi connectivity index (χ0) is 13.1. The highest BCUT2D eigenvalue weighted by Crippen LogP contribution is 2.31. The number of methoxy groups -OCH3 is 1. The number of aliphatic hydroxyl groups is 1. The highest BCUT2D eigenvalue weighted by Gasteiger charge is 2.27. The molecule has 1 aromatic carbocycles. The molecule has 2 rings (SSSR count). The lowest BCUT2D eigenvalue weighted by Crippen LogP contribution is -2.24. The van der Waals surface area contributed by atoms with Crippen molar-refractivity contribution >= 4 is 17.4 Å². The minimum Gasteiger partial charge on any atom is -0.497 e. The fourth-order valence-corrected chi connectivity index (χ4v) is 2.64. The third-order valence-electron chi connectivity index (χ3n) is 3.51. The Bertz CT molecular complexity index is 437. The third kappa shape index (κ3) is 2.85. The van der Waals surface area contributed by atoms with Crippen LogP contribution in [0.4, 0.5) is 0 Å². The summed E-state index contributed by atoms with van der Waals surface area (Å²) in [6.45, 7) is 0. The number of carbonyl (C=O) groups excluding carboxylic acids is 1. The first-order valence-corrected chi connectivity index (χ1v) is 6.55. The Balaban J connectivity index is 2.13. The van der Waals surface area contributed by atoms with Gasteiger partial charge in [-0.15, -0.1) is 0 Å². The van der Waals surface area contributed by atoms with Crippen LogP contribution in [-0.2, 0) is 0 Å². The molecule has 1 saturated carbocycles. The quantitative estimate of drug-likeness (QED) is 0.857. The van der Waals surface area contributed by atoms with E-state index >= 15 is 0 Å².